The normalized spacial score (nSPS) is 15.6. The average molecular weight is 1010 g/mol. The fourth-order valence-electron chi connectivity index (χ4n) is 8.68. The second-order valence-corrected chi connectivity index (χ2v) is 21.0. The molecular weight excluding hydrogens is 949 g/mol. The van der Waals surface area contributed by atoms with Gasteiger partial charge in [-0.2, -0.15) is 5.10 Å². The Labute approximate surface area is 426 Å². The molecule has 2 aromatic heterocycles. The number of hydrazone groups is 1. The van der Waals surface area contributed by atoms with E-state index in [2.05, 4.69) is 26.1 Å². The van der Waals surface area contributed by atoms with Gasteiger partial charge in [0.25, 0.3) is 5.91 Å². The van der Waals surface area contributed by atoms with Crippen LogP contribution in [0.1, 0.15) is 86.6 Å². The molecule has 14 nitrogen and oxygen atoms in total. The number of ether oxygens (including phenoxy) is 1. The van der Waals surface area contributed by atoms with Crippen LogP contribution >= 0.6 is 22.7 Å². The van der Waals surface area contributed by atoms with Crippen molar-refractivity contribution in [3.8, 4) is 49.3 Å². The Morgan fingerprint density at radius 2 is 1.51 bits per heavy atom. The summed E-state index contributed by atoms with van der Waals surface area (Å²) >= 11 is 3.11. The Bertz CT molecular complexity index is 3070. The van der Waals surface area contributed by atoms with Crippen molar-refractivity contribution in [2.24, 2.45) is 10.5 Å². The number of phenolic OH excluding ortho intramolecular Hbond substituents is 2. The molecule has 6 N–H and O–H groups in total. The zero-order valence-corrected chi connectivity index (χ0v) is 42.4. The van der Waals surface area contributed by atoms with E-state index in [1.807, 2.05) is 107 Å². The zero-order chi connectivity index (χ0) is 51.1. The summed E-state index contributed by atoms with van der Waals surface area (Å²) in [6.07, 6.45) is 2.02. The average Bonchev–Trinajstić information content (AvgIpc) is 4.09. The molecule has 4 unspecified atom stereocenters. The molecule has 7 aromatic rings. The maximum absolute atomic E-state index is 14.1. The Morgan fingerprint density at radius 1 is 0.847 bits per heavy atom. The minimum atomic E-state index is -0.923. The Hall–Kier alpha value is -7.40. The predicted molar refractivity (Wildman–Crippen MR) is 283 cm³/mol. The lowest BCUT2D eigenvalue weighted by Gasteiger charge is -2.35. The minimum Gasteiger partial charge on any atom is -0.508 e. The van der Waals surface area contributed by atoms with E-state index >= 15 is 0 Å². The second-order valence-electron chi connectivity index (χ2n) is 19.1. The first-order valence-electron chi connectivity index (χ1n) is 23.8. The van der Waals surface area contributed by atoms with E-state index in [0.717, 1.165) is 58.9 Å². The van der Waals surface area contributed by atoms with E-state index in [1.165, 1.54) is 11.1 Å². The van der Waals surface area contributed by atoms with Gasteiger partial charge in [-0.15, -0.1) is 22.7 Å². The standard InChI is InChI=1S/C56H58N6O8S2/c1-33(36-11-15-38(16-12-36)50-34(2)57-32-71-50)59-54(68)46-28-43(65)31-62(46)55(69)52(56(3,4)5)60-48(66)8-6-7-27-70-44-24-9-35(10-25-44)30-58-61-53(67)40-17-13-37(14-18-40)49-45-26-23-42(64)29-47(45)72-51(49)39-19-21-41(63)22-20-39/h9-26,29-30,32-33,43,46,52,63-65H,6-8,27-28,31H2,1-5H3,(H,59,68)(H,60,66)(H,61,67). The number of likely N-dealkylation sites (tertiary alicyclic amines) is 1. The number of hydrogen-bond acceptors (Lipinski definition) is 12. The summed E-state index contributed by atoms with van der Waals surface area (Å²) in [6, 6.07) is 32.5. The molecular formula is C56H58N6O8S2. The molecule has 0 saturated carbocycles. The number of benzene rings is 5. The third-order valence-corrected chi connectivity index (χ3v) is 14.8. The van der Waals surface area contributed by atoms with Crippen molar-refractivity contribution in [3.63, 3.8) is 0 Å². The molecule has 4 amide bonds. The zero-order valence-electron chi connectivity index (χ0n) is 40.7. The van der Waals surface area contributed by atoms with E-state index in [4.69, 9.17) is 4.74 Å². The summed E-state index contributed by atoms with van der Waals surface area (Å²) in [5, 5.41) is 41.7. The minimum absolute atomic E-state index is 0.0102. The maximum Gasteiger partial charge on any atom is 0.271 e. The number of aromatic hydroxyl groups is 2. The third-order valence-electron chi connectivity index (χ3n) is 12.6. The summed E-state index contributed by atoms with van der Waals surface area (Å²) in [5.41, 5.74) is 10.6. The second kappa shape index (κ2) is 22.4. The predicted octanol–water partition coefficient (Wildman–Crippen LogP) is 9.76. The van der Waals surface area contributed by atoms with Crippen LogP contribution in [-0.4, -0.2) is 86.4 Å². The Balaban J connectivity index is 0.776. The van der Waals surface area contributed by atoms with Crippen LogP contribution in [0.3, 0.4) is 0 Å². The molecule has 1 aliphatic heterocycles. The van der Waals surface area contributed by atoms with Gasteiger partial charge >= 0.3 is 0 Å². The number of aliphatic hydroxyl groups excluding tert-OH is 1. The van der Waals surface area contributed by atoms with Gasteiger partial charge in [0.15, 0.2) is 0 Å². The lowest BCUT2D eigenvalue weighted by molar-refractivity contribution is -0.144. The monoisotopic (exact) mass is 1010 g/mol. The van der Waals surface area contributed by atoms with E-state index < -0.39 is 29.5 Å². The number of β-amino-alcohol motifs (C(OH)–C–C–N with tert-alkyl or cyclic N) is 1. The van der Waals surface area contributed by atoms with Crippen molar-refractivity contribution in [1.29, 1.82) is 0 Å². The van der Waals surface area contributed by atoms with Crippen LogP contribution in [0.2, 0.25) is 0 Å². The highest BCUT2D eigenvalue weighted by Crippen LogP contribution is 2.46. The summed E-state index contributed by atoms with van der Waals surface area (Å²) < 4.78 is 6.83. The fourth-order valence-corrected chi connectivity index (χ4v) is 10.8. The molecule has 0 spiro atoms. The van der Waals surface area contributed by atoms with Crippen molar-refractivity contribution < 1.29 is 39.2 Å². The molecule has 0 radical (unpaired) electrons. The number of amides is 4. The van der Waals surface area contributed by atoms with E-state index in [0.29, 0.717) is 30.8 Å². The molecule has 16 heteroatoms. The lowest BCUT2D eigenvalue weighted by atomic mass is 9.85. The molecule has 372 valence electrons. The molecule has 0 bridgehead atoms. The smallest absolute Gasteiger partial charge is 0.271 e. The van der Waals surface area contributed by atoms with Gasteiger partial charge in [-0.25, -0.2) is 10.4 Å². The number of fused-ring (bicyclic) bond motifs is 1. The van der Waals surface area contributed by atoms with Crippen LogP contribution in [0.5, 0.6) is 17.2 Å². The van der Waals surface area contributed by atoms with Gasteiger partial charge in [0.05, 0.1) is 41.0 Å². The maximum atomic E-state index is 14.1. The quantitative estimate of drug-likeness (QED) is 0.0292. The number of rotatable bonds is 17. The van der Waals surface area contributed by atoms with Crippen LogP contribution < -0.4 is 20.8 Å². The number of nitrogens with one attached hydrogen (secondary N) is 3. The van der Waals surface area contributed by atoms with E-state index in [-0.39, 0.29) is 54.6 Å². The number of aryl methyl sites for hydroxylation is 1. The number of hydrogen-bond donors (Lipinski definition) is 6. The number of nitrogens with zero attached hydrogens (tertiary/aromatic N) is 3. The first-order chi connectivity index (χ1) is 34.5. The van der Waals surface area contributed by atoms with Crippen LogP contribution in [0, 0.1) is 12.3 Å². The SMILES string of the molecule is Cc1ncsc1-c1ccc(C(C)NC(=O)C2CC(O)CN2C(=O)C(NC(=O)CCCCOc2ccc(C=NNC(=O)c3ccc(-c4c(-c5ccc(O)cc5)sc5cc(O)ccc45)cc3)cc2)C(C)(C)C)cc1. The van der Waals surface area contributed by atoms with Crippen molar-refractivity contribution in [2.75, 3.05) is 13.2 Å². The molecule has 3 heterocycles. The summed E-state index contributed by atoms with van der Waals surface area (Å²) in [6.45, 7) is 9.77. The largest absolute Gasteiger partial charge is 0.508 e. The first kappa shape index (κ1) is 51.0. The topological polar surface area (TPSA) is 203 Å². The van der Waals surface area contributed by atoms with Gasteiger partial charge in [0, 0.05) is 45.5 Å². The van der Waals surface area contributed by atoms with Crippen LogP contribution in [0.15, 0.2) is 126 Å². The van der Waals surface area contributed by atoms with Crippen LogP contribution in [0.4, 0.5) is 0 Å². The van der Waals surface area contributed by atoms with Gasteiger partial charge in [0.2, 0.25) is 17.7 Å². The lowest BCUT2D eigenvalue weighted by Crippen LogP contribution is -2.57. The van der Waals surface area contributed by atoms with Gasteiger partial charge in [0.1, 0.15) is 29.3 Å². The highest BCUT2D eigenvalue weighted by Gasteiger charge is 2.44. The molecule has 72 heavy (non-hydrogen) atoms. The Kier molecular flexibility index (Phi) is 15.8. The van der Waals surface area contributed by atoms with Gasteiger partial charge in [-0.3, -0.25) is 19.2 Å². The molecule has 1 saturated heterocycles. The van der Waals surface area contributed by atoms with Crippen molar-refractivity contribution >= 4 is 62.6 Å². The molecule has 1 fully saturated rings. The molecule has 8 rings (SSSR count). The van der Waals surface area contributed by atoms with Crippen LogP contribution in [0.25, 0.3) is 42.1 Å². The number of unbranched alkanes of at least 4 members (excludes halogenated alkanes) is 1. The fraction of sp³-hybridized carbons (Fsp3) is 0.286. The summed E-state index contributed by atoms with van der Waals surface area (Å²) in [4.78, 5) is 61.9. The van der Waals surface area contributed by atoms with E-state index in [1.54, 1.807) is 71.2 Å². The molecule has 1 aliphatic rings. The first-order valence-corrected chi connectivity index (χ1v) is 25.5. The number of aromatic nitrogens is 1. The Morgan fingerprint density at radius 3 is 2.19 bits per heavy atom. The highest BCUT2D eigenvalue weighted by atomic mass is 32.1. The number of phenols is 2. The summed E-state index contributed by atoms with van der Waals surface area (Å²) in [5.74, 6) is -0.476. The van der Waals surface area contributed by atoms with Gasteiger partial charge in [-0.1, -0.05) is 57.2 Å². The van der Waals surface area contributed by atoms with Gasteiger partial charge < -0.3 is 35.6 Å². The highest BCUT2D eigenvalue weighted by molar-refractivity contribution is 7.23. The van der Waals surface area contributed by atoms with Crippen molar-refractivity contribution in [2.45, 2.75) is 84.5 Å². The number of aliphatic hydroxyl groups is 1. The van der Waals surface area contributed by atoms with Crippen molar-refractivity contribution in [3.05, 3.63) is 143 Å². The van der Waals surface area contributed by atoms with Gasteiger partial charge in [-0.05, 0) is 139 Å². The third kappa shape index (κ3) is 12.2. The number of carbonyl (C=O) groups is 4. The summed E-state index contributed by atoms with van der Waals surface area (Å²) in [7, 11) is 0. The van der Waals surface area contributed by atoms with E-state index in [9.17, 15) is 34.5 Å². The molecule has 5 aromatic carbocycles. The van der Waals surface area contributed by atoms with Crippen molar-refractivity contribution in [1.82, 2.24) is 25.9 Å². The number of carbonyl (C=O) groups excluding carboxylic acids is 4. The number of thiophene rings is 1. The van der Waals surface area contributed by atoms with Crippen LogP contribution in [-0.2, 0) is 14.4 Å². The molecule has 4 atom stereocenters. The number of thiazole rings is 1. The molecule has 0 aliphatic carbocycles.